The van der Waals surface area contributed by atoms with E-state index < -0.39 is 5.67 Å². The summed E-state index contributed by atoms with van der Waals surface area (Å²) in [7, 11) is 0. The molecule has 2 nitrogen and oxygen atoms in total. The summed E-state index contributed by atoms with van der Waals surface area (Å²) in [5.74, 6) is 0. The Morgan fingerprint density at radius 2 is 2.12 bits per heavy atom. The van der Waals surface area contributed by atoms with Gasteiger partial charge in [-0.05, 0) is 0 Å². The summed E-state index contributed by atoms with van der Waals surface area (Å²) >= 11 is 0. The lowest BCUT2D eigenvalue weighted by Gasteiger charge is -2.33. The molecule has 0 radical (unpaired) electrons. The summed E-state index contributed by atoms with van der Waals surface area (Å²) in [6.45, 7) is 1.02. The minimum absolute atomic E-state index is 0. The second-order valence-electron chi connectivity index (χ2n) is 1.96. The van der Waals surface area contributed by atoms with Gasteiger partial charge in [0.05, 0.1) is 0 Å². The molecule has 1 rings (SSSR count). The molecule has 0 aromatic rings. The molecule has 0 atom stereocenters. The molecule has 4 heteroatoms. The first kappa shape index (κ1) is 8.14. The highest BCUT2D eigenvalue weighted by molar-refractivity contribution is 5.85. The van der Waals surface area contributed by atoms with Crippen molar-refractivity contribution in [3.8, 4) is 0 Å². The number of hydrogen-bond donors (Lipinski definition) is 2. The predicted octanol–water partition coefficient (Wildman–Crippen LogP) is -0.322. The van der Waals surface area contributed by atoms with Crippen LogP contribution in [0.2, 0.25) is 0 Å². The van der Waals surface area contributed by atoms with E-state index in [0.717, 1.165) is 0 Å². The van der Waals surface area contributed by atoms with Crippen LogP contribution in [0.15, 0.2) is 0 Å². The molecule has 0 spiro atoms. The van der Waals surface area contributed by atoms with Crippen LogP contribution >= 0.6 is 12.4 Å². The highest BCUT2D eigenvalue weighted by atomic mass is 35.5. The maximum atomic E-state index is 12.4. The Bertz CT molecular complexity index is 68.9. The van der Waals surface area contributed by atoms with E-state index in [1.807, 2.05) is 0 Å². The van der Waals surface area contributed by atoms with Gasteiger partial charge in [0.1, 0.15) is 5.67 Å². The normalized spacial score (nSPS) is 23.2. The highest BCUT2D eigenvalue weighted by Gasteiger charge is 2.34. The second-order valence-corrected chi connectivity index (χ2v) is 1.96. The summed E-state index contributed by atoms with van der Waals surface area (Å²) in [6.07, 6.45) is 0. The topological polar surface area (TPSA) is 38.0 Å². The first-order valence-corrected chi connectivity index (χ1v) is 2.36. The van der Waals surface area contributed by atoms with Crippen molar-refractivity contribution >= 4 is 12.4 Å². The maximum Gasteiger partial charge on any atom is 0.147 e. The smallest absolute Gasteiger partial charge is 0.147 e. The summed E-state index contributed by atoms with van der Waals surface area (Å²) < 4.78 is 12.4. The van der Waals surface area contributed by atoms with Gasteiger partial charge in [0.2, 0.25) is 0 Å². The average Bonchev–Trinajstić information content (AvgIpc) is 1.61. The molecule has 8 heavy (non-hydrogen) atoms. The third-order valence-corrected chi connectivity index (χ3v) is 1.25. The number of halogens is 2. The molecule has 3 N–H and O–H groups in total. The third-order valence-electron chi connectivity index (χ3n) is 1.25. The van der Waals surface area contributed by atoms with Crippen molar-refractivity contribution in [1.82, 2.24) is 5.32 Å². The molecule has 0 aromatic heterocycles. The van der Waals surface area contributed by atoms with E-state index in [4.69, 9.17) is 5.73 Å². The van der Waals surface area contributed by atoms with E-state index >= 15 is 0 Å². The number of alkyl halides is 1. The summed E-state index contributed by atoms with van der Waals surface area (Å²) in [5, 5.41) is 2.80. The van der Waals surface area contributed by atoms with Gasteiger partial charge in [-0.2, -0.15) is 0 Å². The van der Waals surface area contributed by atoms with Crippen LogP contribution in [-0.4, -0.2) is 25.3 Å². The van der Waals surface area contributed by atoms with Crippen molar-refractivity contribution in [1.29, 1.82) is 0 Å². The van der Waals surface area contributed by atoms with Crippen LogP contribution in [0.3, 0.4) is 0 Å². The number of nitrogens with one attached hydrogen (secondary N) is 1. The Hall–Kier alpha value is 0.140. The Balaban J connectivity index is 0.000000490. The van der Waals surface area contributed by atoms with Crippen LogP contribution in [0, 0.1) is 0 Å². The maximum absolute atomic E-state index is 12.4. The minimum atomic E-state index is -1.07. The van der Waals surface area contributed by atoms with Crippen LogP contribution in [-0.2, 0) is 0 Å². The van der Waals surface area contributed by atoms with Crippen LogP contribution in [0.25, 0.3) is 0 Å². The Morgan fingerprint density at radius 1 is 1.62 bits per heavy atom. The number of hydrogen-bond acceptors (Lipinski definition) is 2. The van der Waals surface area contributed by atoms with Gasteiger partial charge in [-0.1, -0.05) is 0 Å². The van der Waals surface area contributed by atoms with E-state index in [-0.39, 0.29) is 19.0 Å². The van der Waals surface area contributed by atoms with Gasteiger partial charge in [-0.25, -0.2) is 4.39 Å². The fourth-order valence-electron chi connectivity index (χ4n) is 0.541. The molecule has 0 amide bonds. The van der Waals surface area contributed by atoms with Gasteiger partial charge in [-0.3, -0.25) is 0 Å². The zero-order chi connectivity index (χ0) is 5.33. The van der Waals surface area contributed by atoms with Gasteiger partial charge in [0, 0.05) is 19.6 Å². The molecule has 0 unspecified atom stereocenters. The van der Waals surface area contributed by atoms with Crippen molar-refractivity contribution in [3.05, 3.63) is 0 Å². The van der Waals surface area contributed by atoms with Crippen molar-refractivity contribution in [2.45, 2.75) is 5.67 Å². The lowest BCUT2D eigenvalue weighted by atomic mass is 10.0. The van der Waals surface area contributed by atoms with Gasteiger partial charge in [0.25, 0.3) is 0 Å². The molecule has 50 valence electrons. The van der Waals surface area contributed by atoms with E-state index in [0.29, 0.717) is 13.1 Å². The molecular weight excluding hydrogens is 131 g/mol. The van der Waals surface area contributed by atoms with E-state index in [2.05, 4.69) is 5.32 Å². The third kappa shape index (κ3) is 1.31. The molecule has 1 aliphatic rings. The Labute approximate surface area is 54.0 Å². The second kappa shape index (κ2) is 2.62. The van der Waals surface area contributed by atoms with Crippen LogP contribution in [0.4, 0.5) is 4.39 Å². The quantitative estimate of drug-likeness (QED) is 0.524. The summed E-state index contributed by atoms with van der Waals surface area (Å²) in [6, 6.07) is 0. The lowest BCUT2D eigenvalue weighted by Crippen LogP contribution is -2.60. The zero-order valence-electron chi connectivity index (χ0n) is 4.48. The van der Waals surface area contributed by atoms with Crippen molar-refractivity contribution in [2.24, 2.45) is 5.73 Å². The minimum Gasteiger partial charge on any atom is -0.327 e. The van der Waals surface area contributed by atoms with E-state index in [1.165, 1.54) is 0 Å². The van der Waals surface area contributed by atoms with E-state index in [9.17, 15) is 4.39 Å². The molecule has 1 fully saturated rings. The van der Waals surface area contributed by atoms with Gasteiger partial charge in [-0.15, -0.1) is 12.4 Å². The predicted molar refractivity (Wildman–Crippen MR) is 33.0 cm³/mol. The molecular formula is C4H10ClFN2. The lowest BCUT2D eigenvalue weighted by molar-refractivity contribution is 0.101. The van der Waals surface area contributed by atoms with Gasteiger partial charge >= 0.3 is 0 Å². The fraction of sp³-hybridized carbons (Fsp3) is 1.00. The first-order chi connectivity index (χ1) is 3.27. The van der Waals surface area contributed by atoms with Crippen molar-refractivity contribution < 1.29 is 4.39 Å². The monoisotopic (exact) mass is 140 g/mol. The number of rotatable bonds is 1. The zero-order valence-corrected chi connectivity index (χ0v) is 5.30. The Morgan fingerprint density at radius 3 is 2.12 bits per heavy atom. The molecule has 1 aliphatic heterocycles. The van der Waals surface area contributed by atoms with Crippen LogP contribution in [0.5, 0.6) is 0 Å². The molecule has 0 aliphatic carbocycles. The summed E-state index contributed by atoms with van der Waals surface area (Å²) in [5.41, 5.74) is 3.98. The van der Waals surface area contributed by atoms with Crippen LogP contribution in [0.1, 0.15) is 0 Å². The summed E-state index contributed by atoms with van der Waals surface area (Å²) in [4.78, 5) is 0. The molecule has 1 saturated heterocycles. The van der Waals surface area contributed by atoms with E-state index in [1.54, 1.807) is 0 Å². The Kier molecular flexibility index (Phi) is 2.66. The molecule has 0 bridgehead atoms. The van der Waals surface area contributed by atoms with Crippen molar-refractivity contribution in [3.63, 3.8) is 0 Å². The SMILES string of the molecule is Cl.NCC1(F)CNC1. The van der Waals surface area contributed by atoms with Gasteiger partial charge < -0.3 is 11.1 Å². The molecule has 1 heterocycles. The fourth-order valence-corrected chi connectivity index (χ4v) is 0.541. The molecule has 0 saturated carbocycles. The van der Waals surface area contributed by atoms with Crippen molar-refractivity contribution in [2.75, 3.05) is 19.6 Å². The average molecular weight is 141 g/mol. The standard InChI is InChI=1S/C4H9FN2.ClH/c5-4(1-6)2-7-3-4;/h7H,1-3,6H2;1H. The first-order valence-electron chi connectivity index (χ1n) is 2.36. The van der Waals surface area contributed by atoms with Gasteiger partial charge in [0.15, 0.2) is 0 Å². The largest absolute Gasteiger partial charge is 0.327 e. The highest BCUT2D eigenvalue weighted by Crippen LogP contribution is 2.12. The number of nitrogens with two attached hydrogens (primary N) is 1. The van der Waals surface area contributed by atoms with Crippen LogP contribution < -0.4 is 11.1 Å². The molecule has 0 aromatic carbocycles.